The number of hydrogen-bond acceptors (Lipinski definition) is 3. The Morgan fingerprint density at radius 3 is 2.12 bits per heavy atom. The molecular weight excluding hydrogens is 342 g/mol. The average molecular weight is 371 g/mol. The summed E-state index contributed by atoms with van der Waals surface area (Å²) in [6.07, 6.45) is -0.638. The summed E-state index contributed by atoms with van der Waals surface area (Å²) in [5, 5.41) is -0.226. The zero-order valence-corrected chi connectivity index (χ0v) is 17.0. The quantitative estimate of drug-likeness (QED) is 0.377. The van der Waals surface area contributed by atoms with E-state index in [1.54, 1.807) is 30.3 Å². The van der Waals surface area contributed by atoms with E-state index in [0.717, 1.165) is 13.2 Å². The van der Waals surface area contributed by atoms with Gasteiger partial charge in [0.25, 0.3) is 5.92 Å². The average Bonchev–Trinajstić information content (AvgIpc) is 2.52. The highest BCUT2D eigenvalue weighted by Gasteiger charge is 2.49. The molecule has 0 bridgehead atoms. The molecule has 25 heavy (non-hydrogen) atoms. The highest BCUT2D eigenvalue weighted by atomic mass is 28.4. The number of rotatable bonds is 6. The van der Waals surface area contributed by atoms with Crippen LogP contribution < -0.4 is 0 Å². The molecule has 6 heteroatoms. The molecule has 0 saturated carbocycles. The highest BCUT2D eigenvalue weighted by Crippen LogP contribution is 2.46. The lowest BCUT2D eigenvalue weighted by Gasteiger charge is -2.41. The Morgan fingerprint density at radius 2 is 1.68 bits per heavy atom. The second-order valence-corrected chi connectivity index (χ2v) is 12.4. The van der Waals surface area contributed by atoms with Crippen LogP contribution in [0.5, 0.6) is 0 Å². The molecule has 0 N–H and O–H groups in total. The maximum atomic E-state index is 15.2. The normalized spacial score (nSPS) is 15.0. The molecule has 140 valence electrons. The van der Waals surface area contributed by atoms with Gasteiger partial charge in [0.2, 0.25) is 0 Å². The summed E-state index contributed by atoms with van der Waals surface area (Å²) in [4.78, 5) is 11.4. The lowest BCUT2D eigenvalue weighted by molar-refractivity contribution is -0.135. The smallest absolute Gasteiger partial charge is 0.330 e. The number of alkyl halides is 2. The summed E-state index contributed by atoms with van der Waals surface area (Å²) in [6, 6.07) is 8.41. The highest BCUT2D eigenvalue weighted by molar-refractivity contribution is 6.74. The predicted octanol–water partition coefficient (Wildman–Crippen LogP) is 5.50. The van der Waals surface area contributed by atoms with Crippen molar-refractivity contribution in [1.82, 2.24) is 0 Å². The molecule has 1 unspecified atom stereocenters. The largest absolute Gasteiger partial charge is 0.466 e. The van der Waals surface area contributed by atoms with Crippen molar-refractivity contribution in [3.63, 3.8) is 0 Å². The van der Waals surface area contributed by atoms with Crippen molar-refractivity contribution < 1.29 is 22.7 Å². The van der Waals surface area contributed by atoms with Crippen molar-refractivity contribution in [3.8, 4) is 0 Å². The van der Waals surface area contributed by atoms with Crippen molar-refractivity contribution >= 4 is 14.3 Å². The van der Waals surface area contributed by atoms with Crippen LogP contribution in [0.3, 0.4) is 0 Å². The van der Waals surface area contributed by atoms with Crippen LogP contribution in [0.1, 0.15) is 39.4 Å². The van der Waals surface area contributed by atoms with Crippen molar-refractivity contribution in [3.05, 3.63) is 47.5 Å². The fraction of sp³-hybridized carbons (Fsp3) is 0.526. The van der Waals surface area contributed by atoms with Gasteiger partial charge in [-0.1, -0.05) is 51.1 Å². The van der Waals surface area contributed by atoms with Crippen LogP contribution in [0.25, 0.3) is 0 Å². The third kappa shape index (κ3) is 5.22. The van der Waals surface area contributed by atoms with Crippen LogP contribution in [0.4, 0.5) is 8.78 Å². The number of methoxy groups -OCH3 is 1. The summed E-state index contributed by atoms with van der Waals surface area (Å²) < 4.78 is 41.0. The molecule has 0 fully saturated rings. The van der Waals surface area contributed by atoms with Gasteiger partial charge in [0.05, 0.1) is 7.11 Å². The zero-order chi connectivity index (χ0) is 19.5. The first-order chi connectivity index (χ1) is 11.3. The molecule has 0 amide bonds. The van der Waals surface area contributed by atoms with E-state index in [2.05, 4.69) is 4.74 Å². The molecule has 1 aromatic carbocycles. The minimum Gasteiger partial charge on any atom is -0.466 e. The Bertz CT molecular complexity index is 619. The Morgan fingerprint density at radius 1 is 1.16 bits per heavy atom. The van der Waals surface area contributed by atoms with Gasteiger partial charge >= 0.3 is 5.97 Å². The standard InChI is InChI=1S/C19H28F2O3Si/c1-14(13-16(22)23-5)19(20,21)17(15-11-9-8-10-12-15)24-25(6,7)18(2,3)4/h8-13,17H,1-7H3/b14-13-. The first kappa shape index (κ1) is 21.5. The maximum Gasteiger partial charge on any atom is 0.330 e. The number of esters is 1. The zero-order valence-electron chi connectivity index (χ0n) is 16.0. The van der Waals surface area contributed by atoms with Gasteiger partial charge in [0.1, 0.15) is 6.10 Å². The van der Waals surface area contributed by atoms with E-state index in [0.29, 0.717) is 5.56 Å². The number of benzene rings is 1. The summed E-state index contributed by atoms with van der Waals surface area (Å²) >= 11 is 0. The summed E-state index contributed by atoms with van der Waals surface area (Å²) in [5.41, 5.74) is 0.00172. The van der Waals surface area contributed by atoms with Gasteiger partial charge in [0.15, 0.2) is 8.32 Å². The first-order valence-electron chi connectivity index (χ1n) is 8.20. The Hall–Kier alpha value is -1.53. The van der Waals surface area contributed by atoms with Gasteiger partial charge in [0, 0.05) is 11.6 Å². The van der Waals surface area contributed by atoms with Gasteiger partial charge in [-0.05, 0) is 30.6 Å². The van der Waals surface area contributed by atoms with Gasteiger partial charge in [-0.2, -0.15) is 8.78 Å². The third-order valence-corrected chi connectivity index (χ3v) is 9.15. The molecule has 0 radical (unpaired) electrons. The van der Waals surface area contributed by atoms with Crippen LogP contribution in [-0.4, -0.2) is 27.3 Å². The Kier molecular flexibility index (Phi) is 6.70. The molecule has 1 aromatic rings. The number of hydrogen-bond donors (Lipinski definition) is 0. The second-order valence-electron chi connectivity index (χ2n) is 7.64. The Balaban J connectivity index is 3.37. The fourth-order valence-corrected chi connectivity index (χ4v) is 3.22. The van der Waals surface area contributed by atoms with Gasteiger partial charge < -0.3 is 9.16 Å². The monoisotopic (exact) mass is 370 g/mol. The maximum absolute atomic E-state index is 15.2. The number of halogens is 2. The van der Waals surface area contributed by atoms with E-state index in [9.17, 15) is 4.79 Å². The minimum atomic E-state index is -3.34. The summed E-state index contributed by atoms with van der Waals surface area (Å²) in [5.74, 6) is -4.15. The van der Waals surface area contributed by atoms with Gasteiger partial charge in [-0.15, -0.1) is 0 Å². The third-order valence-electron chi connectivity index (χ3n) is 4.71. The molecule has 0 aliphatic heterocycles. The molecule has 3 nitrogen and oxygen atoms in total. The molecule has 0 aromatic heterocycles. The molecule has 1 atom stereocenters. The van der Waals surface area contributed by atoms with E-state index in [4.69, 9.17) is 4.43 Å². The van der Waals surface area contributed by atoms with Crippen molar-refractivity contribution in [2.45, 2.75) is 57.9 Å². The van der Waals surface area contributed by atoms with Crippen molar-refractivity contribution in [2.24, 2.45) is 0 Å². The molecule has 0 saturated heterocycles. The fourth-order valence-electron chi connectivity index (χ4n) is 1.99. The molecule has 0 aliphatic rings. The first-order valence-corrected chi connectivity index (χ1v) is 11.1. The second kappa shape index (κ2) is 7.79. The SMILES string of the molecule is COC(=O)/C=C(/C)C(F)(F)C(O[Si](C)(C)C(C)(C)C)c1ccccc1. The molecule has 1 rings (SSSR count). The molecule has 0 spiro atoms. The topological polar surface area (TPSA) is 35.5 Å². The van der Waals surface area contributed by atoms with E-state index >= 15 is 8.78 Å². The van der Waals surface area contributed by atoms with Crippen molar-refractivity contribution in [1.29, 1.82) is 0 Å². The molecule has 0 aliphatic carbocycles. The summed E-state index contributed by atoms with van der Waals surface area (Å²) in [6.45, 7) is 11.1. The lowest BCUT2D eigenvalue weighted by atomic mass is 9.98. The van der Waals surface area contributed by atoms with Crippen LogP contribution in [0, 0.1) is 0 Å². The van der Waals surface area contributed by atoms with Crippen LogP contribution in [0.15, 0.2) is 42.0 Å². The van der Waals surface area contributed by atoms with E-state index in [-0.39, 0.29) is 10.6 Å². The minimum absolute atomic E-state index is 0.226. The number of ether oxygens (including phenoxy) is 1. The van der Waals surface area contributed by atoms with Gasteiger partial charge in [-0.25, -0.2) is 4.79 Å². The van der Waals surface area contributed by atoms with E-state index < -0.39 is 26.3 Å². The summed E-state index contributed by atoms with van der Waals surface area (Å²) in [7, 11) is -1.32. The molecule has 0 heterocycles. The van der Waals surface area contributed by atoms with Crippen LogP contribution in [-0.2, 0) is 14.0 Å². The number of carbonyl (C=O) groups excluding carboxylic acids is 1. The van der Waals surface area contributed by atoms with E-state index in [1.165, 1.54) is 6.92 Å². The van der Waals surface area contributed by atoms with Crippen LogP contribution >= 0.6 is 0 Å². The Labute approximate surface area is 150 Å². The molecular formula is C19H28F2O3Si. The van der Waals surface area contributed by atoms with Gasteiger partial charge in [-0.3, -0.25) is 0 Å². The van der Waals surface area contributed by atoms with Crippen molar-refractivity contribution in [2.75, 3.05) is 7.11 Å². The lowest BCUT2D eigenvalue weighted by Crippen LogP contribution is -2.45. The van der Waals surface area contributed by atoms with Crippen LogP contribution in [0.2, 0.25) is 18.1 Å². The predicted molar refractivity (Wildman–Crippen MR) is 98.2 cm³/mol. The number of carbonyl (C=O) groups is 1. The van der Waals surface area contributed by atoms with E-state index in [1.807, 2.05) is 33.9 Å².